The largest absolute Gasteiger partial charge is 0.456 e. The number of nitrogens with zero attached hydrogens (tertiary/aromatic N) is 1. The van der Waals surface area contributed by atoms with Gasteiger partial charge in [0.2, 0.25) is 0 Å². The van der Waals surface area contributed by atoms with Gasteiger partial charge in [-0.05, 0) is 76.9 Å². The fourth-order valence-electron chi connectivity index (χ4n) is 7.09. The van der Waals surface area contributed by atoms with Crippen molar-refractivity contribution in [2.75, 3.05) is 0 Å². The average Bonchev–Trinajstić information content (AvgIpc) is 3.77. The zero-order chi connectivity index (χ0) is 29.5. The Morgan fingerprint density at radius 2 is 1.07 bits per heavy atom. The Hall–Kier alpha value is -5.64. The molecule has 0 aliphatic rings. The predicted octanol–water partition coefficient (Wildman–Crippen LogP) is 12.4. The Bertz CT molecular complexity index is 2760. The Morgan fingerprint density at radius 1 is 0.400 bits per heavy atom. The van der Waals surface area contributed by atoms with E-state index < -0.39 is 0 Å². The molecule has 10 rings (SSSR count). The molecule has 0 saturated carbocycles. The molecule has 210 valence electrons. The maximum atomic E-state index is 6.22. The van der Waals surface area contributed by atoms with Crippen LogP contribution in [0.1, 0.15) is 0 Å². The Balaban J connectivity index is 1.16. The van der Waals surface area contributed by atoms with E-state index in [2.05, 4.69) is 144 Å². The average molecular weight is 592 g/mol. The lowest BCUT2D eigenvalue weighted by Crippen LogP contribution is -1.93. The summed E-state index contributed by atoms with van der Waals surface area (Å²) in [6.45, 7) is 0. The fraction of sp³-hybridized carbons (Fsp3) is 0. The van der Waals surface area contributed by atoms with Crippen LogP contribution in [0.2, 0.25) is 0 Å². The molecule has 45 heavy (non-hydrogen) atoms. The van der Waals surface area contributed by atoms with Gasteiger partial charge in [-0.15, -0.1) is 11.3 Å². The molecule has 7 aromatic carbocycles. The van der Waals surface area contributed by atoms with Gasteiger partial charge >= 0.3 is 0 Å². The van der Waals surface area contributed by atoms with Crippen LogP contribution in [0.5, 0.6) is 0 Å². The summed E-state index contributed by atoms with van der Waals surface area (Å²) in [5, 5.41) is 7.42. The minimum atomic E-state index is 0.924. The molecule has 0 atom stereocenters. The maximum Gasteiger partial charge on any atom is 0.136 e. The van der Waals surface area contributed by atoms with Crippen LogP contribution in [-0.2, 0) is 0 Å². The van der Waals surface area contributed by atoms with E-state index in [-0.39, 0.29) is 0 Å². The van der Waals surface area contributed by atoms with Crippen LogP contribution in [0.25, 0.3) is 91.9 Å². The summed E-state index contributed by atoms with van der Waals surface area (Å²) in [5.74, 6) is 0. The molecule has 0 bridgehead atoms. The van der Waals surface area contributed by atoms with Crippen molar-refractivity contribution in [1.82, 2.24) is 4.57 Å². The molecule has 0 N–H and O–H groups in total. The van der Waals surface area contributed by atoms with E-state index in [1.54, 1.807) is 0 Å². The first-order valence-electron chi connectivity index (χ1n) is 15.3. The first kappa shape index (κ1) is 24.8. The van der Waals surface area contributed by atoms with Crippen LogP contribution in [0.3, 0.4) is 0 Å². The van der Waals surface area contributed by atoms with E-state index >= 15 is 0 Å². The Kier molecular flexibility index (Phi) is 5.19. The third kappa shape index (κ3) is 3.68. The molecule has 2 nitrogen and oxygen atoms in total. The van der Waals surface area contributed by atoms with E-state index in [4.69, 9.17) is 4.42 Å². The molecule has 3 heterocycles. The number of furan rings is 1. The zero-order valence-corrected chi connectivity index (χ0v) is 25.0. The lowest BCUT2D eigenvalue weighted by Gasteiger charge is -2.10. The lowest BCUT2D eigenvalue weighted by atomic mass is 10.0. The number of aromatic nitrogens is 1. The van der Waals surface area contributed by atoms with E-state index in [1.165, 1.54) is 64.4 Å². The Morgan fingerprint density at radius 3 is 2.00 bits per heavy atom. The van der Waals surface area contributed by atoms with Crippen molar-refractivity contribution in [2.45, 2.75) is 0 Å². The van der Waals surface area contributed by atoms with E-state index in [0.29, 0.717) is 0 Å². The molecule has 0 radical (unpaired) electrons. The fourth-order valence-corrected chi connectivity index (χ4v) is 8.27. The molecule has 3 heteroatoms. The molecule has 0 aliphatic carbocycles. The molecule has 0 fully saturated rings. The summed E-state index contributed by atoms with van der Waals surface area (Å²) in [5.41, 5.74) is 10.3. The SMILES string of the molecule is c1ccc(-c2ccc3c(c2)c2ccccc2n3-c2cccc3c2sc2ccc(-c4ccc5c(c4)oc4ccccc45)cc23)cc1. The van der Waals surface area contributed by atoms with Crippen molar-refractivity contribution < 1.29 is 4.42 Å². The van der Waals surface area contributed by atoms with Gasteiger partial charge in [-0.2, -0.15) is 0 Å². The third-order valence-corrected chi connectivity index (χ3v) is 10.4. The van der Waals surface area contributed by atoms with Crippen LogP contribution in [0, 0.1) is 0 Å². The highest BCUT2D eigenvalue weighted by Crippen LogP contribution is 2.43. The van der Waals surface area contributed by atoms with Crippen molar-refractivity contribution in [3.63, 3.8) is 0 Å². The third-order valence-electron chi connectivity index (χ3n) is 9.21. The topological polar surface area (TPSA) is 18.1 Å². The number of rotatable bonds is 3. The van der Waals surface area contributed by atoms with Gasteiger partial charge in [-0.3, -0.25) is 0 Å². The van der Waals surface area contributed by atoms with Crippen molar-refractivity contribution in [3.05, 3.63) is 152 Å². The Labute approximate surface area is 263 Å². The first-order valence-corrected chi connectivity index (χ1v) is 16.1. The predicted molar refractivity (Wildman–Crippen MR) is 192 cm³/mol. The van der Waals surface area contributed by atoms with Gasteiger partial charge in [0.05, 0.1) is 21.4 Å². The zero-order valence-electron chi connectivity index (χ0n) is 24.2. The minimum Gasteiger partial charge on any atom is -0.456 e. The molecule has 0 unspecified atom stereocenters. The number of hydrogen-bond acceptors (Lipinski definition) is 2. The minimum absolute atomic E-state index is 0.924. The van der Waals surface area contributed by atoms with E-state index in [0.717, 1.165) is 27.5 Å². The van der Waals surface area contributed by atoms with Gasteiger partial charge in [-0.1, -0.05) is 97.1 Å². The van der Waals surface area contributed by atoms with Gasteiger partial charge < -0.3 is 8.98 Å². The first-order chi connectivity index (χ1) is 22.3. The van der Waals surface area contributed by atoms with E-state index in [1.807, 2.05) is 23.5 Å². The molecule has 0 spiro atoms. The van der Waals surface area contributed by atoms with Crippen molar-refractivity contribution in [3.8, 4) is 27.9 Å². The van der Waals surface area contributed by atoms with Crippen molar-refractivity contribution in [2.24, 2.45) is 0 Å². The van der Waals surface area contributed by atoms with Crippen molar-refractivity contribution in [1.29, 1.82) is 0 Å². The second-order valence-electron chi connectivity index (χ2n) is 11.7. The van der Waals surface area contributed by atoms with Crippen LogP contribution < -0.4 is 0 Å². The van der Waals surface area contributed by atoms with Gasteiger partial charge in [0.25, 0.3) is 0 Å². The second-order valence-corrected chi connectivity index (χ2v) is 12.8. The van der Waals surface area contributed by atoms with E-state index in [9.17, 15) is 0 Å². The number of hydrogen-bond donors (Lipinski definition) is 0. The summed E-state index contributed by atoms with van der Waals surface area (Å²) in [7, 11) is 0. The summed E-state index contributed by atoms with van der Waals surface area (Å²) in [6, 6.07) is 54.8. The van der Waals surface area contributed by atoms with Crippen molar-refractivity contribution >= 4 is 75.3 Å². The molecule has 0 aliphatic heterocycles. The standard InChI is InChI=1S/C42H25NOS/c1-2-9-26(10-3-1)27-18-21-37-34(23-27)30-11-4-6-14-36(30)43(37)38-15-8-13-33-35-24-28(19-22-41(35)45-42(33)38)29-17-20-32-31-12-5-7-16-39(31)44-40(32)25-29/h1-25H. The lowest BCUT2D eigenvalue weighted by molar-refractivity contribution is 0.669. The number of fused-ring (bicyclic) bond motifs is 9. The second kappa shape index (κ2) is 9.43. The molecule has 0 amide bonds. The summed E-state index contributed by atoms with van der Waals surface area (Å²) >= 11 is 1.87. The molecular weight excluding hydrogens is 567 g/mol. The quantitative estimate of drug-likeness (QED) is 0.200. The highest BCUT2D eigenvalue weighted by Gasteiger charge is 2.17. The van der Waals surface area contributed by atoms with Gasteiger partial charge in [-0.25, -0.2) is 0 Å². The molecular formula is C42H25NOS. The summed E-state index contributed by atoms with van der Waals surface area (Å²) in [4.78, 5) is 0. The smallest absolute Gasteiger partial charge is 0.136 e. The van der Waals surface area contributed by atoms with Gasteiger partial charge in [0.1, 0.15) is 11.2 Å². The highest BCUT2D eigenvalue weighted by molar-refractivity contribution is 7.26. The van der Waals surface area contributed by atoms with Crippen LogP contribution >= 0.6 is 11.3 Å². The van der Waals surface area contributed by atoms with Gasteiger partial charge in [0.15, 0.2) is 0 Å². The monoisotopic (exact) mass is 591 g/mol. The number of thiophene rings is 1. The summed E-state index contributed by atoms with van der Waals surface area (Å²) in [6.07, 6.45) is 0. The van der Waals surface area contributed by atoms with Crippen LogP contribution in [0.15, 0.2) is 156 Å². The van der Waals surface area contributed by atoms with Crippen LogP contribution in [0.4, 0.5) is 0 Å². The number of benzene rings is 7. The van der Waals surface area contributed by atoms with Crippen LogP contribution in [-0.4, -0.2) is 4.57 Å². The molecule has 10 aromatic rings. The maximum absolute atomic E-state index is 6.22. The highest BCUT2D eigenvalue weighted by atomic mass is 32.1. The molecule has 3 aromatic heterocycles. The number of para-hydroxylation sites is 2. The normalized spacial score (nSPS) is 12.0. The van der Waals surface area contributed by atoms with Gasteiger partial charge in [0, 0.05) is 37.0 Å². The summed E-state index contributed by atoms with van der Waals surface area (Å²) < 4.78 is 11.3. The molecule has 0 saturated heterocycles.